The zero-order chi connectivity index (χ0) is 20.0. The Bertz CT molecular complexity index is 990. The van der Waals surface area contributed by atoms with Crippen LogP contribution in [0.4, 0.5) is 5.00 Å². The van der Waals surface area contributed by atoms with Gasteiger partial charge in [0.1, 0.15) is 5.00 Å². The standard InChI is InChI=1S/C19H18ClN3O4S/c1-22-9-14(24)21-17-15(18(22)26)12-5-6-23(8-13(12)28-17)19(27)16(25)10-3-2-4-11(20)7-10/h2-4,7,16,25H,5-6,8-9H2,1H3,(H,21,24). The van der Waals surface area contributed by atoms with Gasteiger partial charge in [0, 0.05) is 23.5 Å². The van der Waals surface area contributed by atoms with Crippen molar-refractivity contribution in [3.05, 3.63) is 50.9 Å². The quantitative estimate of drug-likeness (QED) is 0.779. The van der Waals surface area contributed by atoms with Crippen molar-refractivity contribution in [2.75, 3.05) is 25.5 Å². The summed E-state index contributed by atoms with van der Waals surface area (Å²) in [4.78, 5) is 41.2. The number of hydrogen-bond donors (Lipinski definition) is 2. The van der Waals surface area contributed by atoms with E-state index in [2.05, 4.69) is 5.32 Å². The van der Waals surface area contributed by atoms with Crippen LogP contribution in [0.15, 0.2) is 24.3 Å². The van der Waals surface area contributed by atoms with Gasteiger partial charge in [0.2, 0.25) is 5.91 Å². The first-order valence-corrected chi connectivity index (χ1v) is 9.96. The summed E-state index contributed by atoms with van der Waals surface area (Å²) in [6.07, 6.45) is -0.810. The number of aliphatic hydroxyl groups excluding tert-OH is 1. The van der Waals surface area contributed by atoms with Crippen molar-refractivity contribution in [3.8, 4) is 0 Å². The zero-order valence-electron chi connectivity index (χ0n) is 15.1. The third kappa shape index (κ3) is 3.28. The number of amides is 3. The molecule has 3 heterocycles. The molecule has 4 rings (SSSR count). The van der Waals surface area contributed by atoms with Crippen LogP contribution in [-0.4, -0.2) is 52.8 Å². The minimum Gasteiger partial charge on any atom is -0.378 e. The Morgan fingerprint density at radius 2 is 2.11 bits per heavy atom. The lowest BCUT2D eigenvalue weighted by Gasteiger charge is -2.29. The highest BCUT2D eigenvalue weighted by Crippen LogP contribution is 2.39. The van der Waals surface area contributed by atoms with Crippen LogP contribution in [0.25, 0.3) is 0 Å². The summed E-state index contributed by atoms with van der Waals surface area (Å²) in [5.74, 6) is -0.842. The molecule has 3 amide bonds. The van der Waals surface area contributed by atoms with E-state index in [-0.39, 0.29) is 24.9 Å². The number of nitrogens with zero attached hydrogens (tertiary/aromatic N) is 2. The van der Waals surface area contributed by atoms with Gasteiger partial charge in [-0.05, 0) is 29.7 Å². The summed E-state index contributed by atoms with van der Waals surface area (Å²) in [6.45, 7) is 0.694. The topological polar surface area (TPSA) is 90.0 Å². The van der Waals surface area contributed by atoms with Crippen LogP contribution < -0.4 is 5.32 Å². The molecule has 2 N–H and O–H groups in total. The average molecular weight is 420 g/mol. The molecule has 28 heavy (non-hydrogen) atoms. The molecule has 2 aliphatic rings. The first-order valence-electron chi connectivity index (χ1n) is 8.77. The fourth-order valence-electron chi connectivity index (χ4n) is 3.54. The van der Waals surface area contributed by atoms with Gasteiger partial charge in [-0.3, -0.25) is 14.4 Å². The zero-order valence-corrected chi connectivity index (χ0v) is 16.6. The van der Waals surface area contributed by atoms with Crippen molar-refractivity contribution >= 4 is 45.7 Å². The molecule has 0 fully saturated rings. The molecule has 1 aromatic heterocycles. The molecule has 0 radical (unpaired) electrons. The number of halogens is 1. The van der Waals surface area contributed by atoms with Crippen LogP contribution in [-0.2, 0) is 22.6 Å². The second kappa shape index (κ2) is 7.20. The number of carbonyl (C=O) groups excluding carboxylic acids is 3. The number of benzene rings is 1. The van der Waals surface area contributed by atoms with Crippen LogP contribution in [0.5, 0.6) is 0 Å². The first-order chi connectivity index (χ1) is 13.3. The van der Waals surface area contributed by atoms with Gasteiger partial charge in [-0.1, -0.05) is 23.7 Å². The van der Waals surface area contributed by atoms with E-state index in [1.807, 2.05) is 0 Å². The minimum absolute atomic E-state index is 0.0193. The molecule has 1 unspecified atom stereocenters. The SMILES string of the molecule is CN1CC(=O)Nc2sc3c(c2C1=O)CCN(C(=O)C(O)c1cccc(Cl)c1)C3. The average Bonchev–Trinajstić information content (AvgIpc) is 2.97. The molecule has 2 aliphatic heterocycles. The van der Waals surface area contributed by atoms with Crippen LogP contribution in [0.1, 0.15) is 32.5 Å². The normalized spacial score (nSPS) is 17.5. The van der Waals surface area contributed by atoms with E-state index in [4.69, 9.17) is 11.6 Å². The number of likely N-dealkylation sites (N-methyl/N-ethyl adjacent to an activating group) is 1. The Labute approximate surface area is 170 Å². The molecule has 146 valence electrons. The monoisotopic (exact) mass is 419 g/mol. The molecular weight excluding hydrogens is 402 g/mol. The Morgan fingerprint density at radius 3 is 2.86 bits per heavy atom. The summed E-state index contributed by atoms with van der Waals surface area (Å²) in [6, 6.07) is 6.58. The number of fused-ring (bicyclic) bond motifs is 3. The highest BCUT2D eigenvalue weighted by atomic mass is 35.5. The maximum atomic E-state index is 12.8. The highest BCUT2D eigenvalue weighted by Gasteiger charge is 2.35. The van der Waals surface area contributed by atoms with Crippen molar-refractivity contribution in [2.45, 2.75) is 19.1 Å². The van der Waals surface area contributed by atoms with Crippen LogP contribution in [0.3, 0.4) is 0 Å². The van der Waals surface area contributed by atoms with Crippen molar-refractivity contribution in [1.29, 1.82) is 0 Å². The predicted molar refractivity (Wildman–Crippen MR) is 105 cm³/mol. The summed E-state index contributed by atoms with van der Waals surface area (Å²) in [7, 11) is 1.60. The Hall–Kier alpha value is -2.42. The smallest absolute Gasteiger partial charge is 0.257 e. The molecule has 1 aromatic carbocycles. The molecule has 0 aliphatic carbocycles. The van der Waals surface area contributed by atoms with Crippen molar-refractivity contribution < 1.29 is 19.5 Å². The lowest BCUT2D eigenvalue weighted by molar-refractivity contribution is -0.141. The van der Waals surface area contributed by atoms with E-state index < -0.39 is 12.0 Å². The van der Waals surface area contributed by atoms with E-state index in [0.717, 1.165) is 10.4 Å². The number of aliphatic hydroxyl groups is 1. The Kier molecular flexibility index (Phi) is 4.86. The van der Waals surface area contributed by atoms with E-state index in [1.165, 1.54) is 16.2 Å². The number of rotatable bonds is 2. The maximum Gasteiger partial charge on any atom is 0.257 e. The molecule has 0 saturated carbocycles. The van der Waals surface area contributed by atoms with E-state index in [9.17, 15) is 19.5 Å². The van der Waals surface area contributed by atoms with Gasteiger partial charge in [-0.2, -0.15) is 0 Å². The van der Waals surface area contributed by atoms with Crippen molar-refractivity contribution in [3.63, 3.8) is 0 Å². The number of hydrogen-bond acceptors (Lipinski definition) is 5. The molecule has 7 nitrogen and oxygen atoms in total. The van der Waals surface area contributed by atoms with Gasteiger partial charge in [0.25, 0.3) is 11.8 Å². The molecule has 0 saturated heterocycles. The molecular formula is C19H18ClN3O4S. The van der Waals surface area contributed by atoms with Gasteiger partial charge in [0.15, 0.2) is 6.10 Å². The number of anilines is 1. The first kappa shape index (κ1) is 18.9. The number of thiophene rings is 1. The van der Waals surface area contributed by atoms with Crippen LogP contribution >= 0.6 is 22.9 Å². The Balaban J connectivity index is 1.59. The molecule has 2 aromatic rings. The second-order valence-corrected chi connectivity index (χ2v) is 8.43. The molecule has 0 spiro atoms. The molecule has 9 heteroatoms. The van der Waals surface area contributed by atoms with E-state index in [0.29, 0.717) is 34.1 Å². The fourth-order valence-corrected chi connectivity index (χ4v) is 5.01. The van der Waals surface area contributed by atoms with Crippen LogP contribution in [0, 0.1) is 0 Å². The van der Waals surface area contributed by atoms with Gasteiger partial charge in [-0.25, -0.2) is 0 Å². The maximum absolute atomic E-state index is 12.8. The highest BCUT2D eigenvalue weighted by molar-refractivity contribution is 7.17. The van der Waals surface area contributed by atoms with Gasteiger partial charge < -0.3 is 20.2 Å². The molecule has 0 bridgehead atoms. The third-order valence-corrected chi connectivity index (χ3v) is 6.33. The summed E-state index contributed by atoms with van der Waals surface area (Å²) >= 11 is 7.27. The summed E-state index contributed by atoms with van der Waals surface area (Å²) in [5.41, 5.74) is 1.84. The van der Waals surface area contributed by atoms with E-state index in [1.54, 1.807) is 36.2 Å². The van der Waals surface area contributed by atoms with Crippen molar-refractivity contribution in [2.24, 2.45) is 0 Å². The number of nitrogens with one attached hydrogen (secondary N) is 1. The third-order valence-electron chi connectivity index (χ3n) is 4.96. The summed E-state index contributed by atoms with van der Waals surface area (Å²) in [5, 5.41) is 14.2. The second-order valence-electron chi connectivity index (χ2n) is 6.88. The predicted octanol–water partition coefficient (Wildman–Crippen LogP) is 2.04. The fraction of sp³-hybridized carbons (Fsp3) is 0.316. The lowest BCUT2D eigenvalue weighted by atomic mass is 10.0. The largest absolute Gasteiger partial charge is 0.378 e. The minimum atomic E-state index is -1.30. The number of carbonyl (C=O) groups is 3. The van der Waals surface area contributed by atoms with Gasteiger partial charge in [-0.15, -0.1) is 11.3 Å². The van der Waals surface area contributed by atoms with E-state index >= 15 is 0 Å². The lowest BCUT2D eigenvalue weighted by Crippen LogP contribution is -2.39. The van der Waals surface area contributed by atoms with Gasteiger partial charge in [0.05, 0.1) is 18.7 Å². The van der Waals surface area contributed by atoms with Crippen molar-refractivity contribution in [1.82, 2.24) is 9.80 Å². The Morgan fingerprint density at radius 1 is 1.32 bits per heavy atom. The summed E-state index contributed by atoms with van der Waals surface area (Å²) < 4.78 is 0. The van der Waals surface area contributed by atoms with Gasteiger partial charge >= 0.3 is 0 Å². The van der Waals surface area contributed by atoms with Crippen LogP contribution in [0.2, 0.25) is 5.02 Å². The molecule has 1 atom stereocenters.